The van der Waals surface area contributed by atoms with Crippen LogP contribution in [0.2, 0.25) is 0 Å². The number of hydrogen-bond acceptors (Lipinski definition) is 3. The first-order valence-corrected chi connectivity index (χ1v) is 10.8. The number of amides is 1. The zero-order chi connectivity index (χ0) is 20.7. The number of carboxylic acid groups (broad SMARTS) is 1. The molecule has 0 bridgehead atoms. The number of carbonyl (C=O) groups excluding carboxylic acids is 1. The van der Waals surface area contributed by atoms with Crippen molar-refractivity contribution >= 4 is 33.4 Å². The molecule has 1 amide bonds. The number of carbonyl (C=O) groups is 2. The molecule has 5 nitrogen and oxygen atoms in total. The van der Waals surface area contributed by atoms with Crippen LogP contribution in [0.15, 0.2) is 54.6 Å². The zero-order valence-corrected chi connectivity index (χ0v) is 17.0. The first kappa shape index (κ1) is 19.1. The quantitative estimate of drug-likeness (QED) is 0.673. The summed E-state index contributed by atoms with van der Waals surface area (Å²) in [7, 11) is 0. The highest BCUT2D eigenvalue weighted by Gasteiger charge is 2.35. The lowest BCUT2D eigenvalue weighted by molar-refractivity contribution is -0.143. The van der Waals surface area contributed by atoms with Crippen molar-refractivity contribution in [3.63, 3.8) is 0 Å². The van der Waals surface area contributed by atoms with E-state index in [9.17, 15) is 14.7 Å². The van der Waals surface area contributed by atoms with E-state index in [-0.39, 0.29) is 17.9 Å². The summed E-state index contributed by atoms with van der Waals surface area (Å²) in [4.78, 5) is 29.4. The van der Waals surface area contributed by atoms with Crippen LogP contribution in [0, 0.1) is 5.92 Å². The van der Waals surface area contributed by atoms with Crippen molar-refractivity contribution < 1.29 is 14.7 Å². The largest absolute Gasteiger partial charge is 0.481 e. The Kier molecular flexibility index (Phi) is 4.91. The van der Waals surface area contributed by atoms with E-state index in [1.165, 1.54) is 0 Å². The maximum absolute atomic E-state index is 13.7. The molecule has 2 aliphatic heterocycles. The molecule has 0 spiro atoms. The fourth-order valence-electron chi connectivity index (χ4n) is 5.17. The minimum atomic E-state index is -0.701. The third kappa shape index (κ3) is 3.33. The van der Waals surface area contributed by atoms with Crippen LogP contribution < -0.4 is 0 Å². The number of rotatable bonds is 3. The molecule has 2 heterocycles. The summed E-state index contributed by atoms with van der Waals surface area (Å²) < 4.78 is 0. The normalized spacial score (nSPS) is 22.6. The number of nitrogens with zero attached hydrogens (tertiary/aromatic N) is 2. The molecule has 0 saturated carbocycles. The topological polar surface area (TPSA) is 60.9 Å². The van der Waals surface area contributed by atoms with E-state index in [2.05, 4.69) is 23.1 Å². The molecule has 2 atom stereocenters. The molecule has 0 radical (unpaired) electrons. The van der Waals surface area contributed by atoms with Gasteiger partial charge >= 0.3 is 5.97 Å². The summed E-state index contributed by atoms with van der Waals surface area (Å²) in [5, 5.41) is 13.5. The molecule has 1 N–H and O–H groups in total. The first-order chi connectivity index (χ1) is 14.6. The minimum Gasteiger partial charge on any atom is -0.481 e. The van der Waals surface area contributed by atoms with Gasteiger partial charge in [0, 0.05) is 25.7 Å². The van der Waals surface area contributed by atoms with E-state index in [0.717, 1.165) is 59.5 Å². The molecular weight excluding hydrogens is 376 g/mol. The van der Waals surface area contributed by atoms with Crippen molar-refractivity contribution in [3.8, 4) is 0 Å². The Hall–Kier alpha value is -2.92. The monoisotopic (exact) mass is 402 g/mol. The SMILES string of the molecule is O=C(O)[C@@H]1CCCN(C2CCN(C(=O)c3c4ccccc4cc4ccccc34)C2)C1. The van der Waals surface area contributed by atoms with Crippen LogP contribution in [0.3, 0.4) is 0 Å². The molecule has 2 fully saturated rings. The molecule has 0 aromatic heterocycles. The molecule has 2 aliphatic rings. The van der Waals surface area contributed by atoms with E-state index in [4.69, 9.17) is 0 Å². The minimum absolute atomic E-state index is 0.0808. The van der Waals surface area contributed by atoms with Crippen molar-refractivity contribution in [2.75, 3.05) is 26.2 Å². The smallest absolute Gasteiger partial charge is 0.307 e. The average molecular weight is 402 g/mol. The van der Waals surface area contributed by atoms with Gasteiger partial charge in [0.1, 0.15) is 0 Å². The molecule has 3 aromatic carbocycles. The summed E-state index contributed by atoms with van der Waals surface area (Å²) in [5.41, 5.74) is 0.784. The summed E-state index contributed by atoms with van der Waals surface area (Å²) in [6.07, 6.45) is 2.57. The number of aliphatic carboxylic acids is 1. The van der Waals surface area contributed by atoms with Gasteiger partial charge in [0.25, 0.3) is 5.91 Å². The third-order valence-corrected chi connectivity index (χ3v) is 6.75. The molecule has 1 unspecified atom stereocenters. The molecule has 154 valence electrons. The fraction of sp³-hybridized carbons (Fsp3) is 0.360. The number of hydrogen-bond donors (Lipinski definition) is 1. The van der Waals surface area contributed by atoms with Gasteiger partial charge in [-0.05, 0) is 53.4 Å². The second-order valence-electron chi connectivity index (χ2n) is 8.56. The van der Waals surface area contributed by atoms with Crippen LogP contribution in [0.25, 0.3) is 21.5 Å². The Labute approximate surface area is 175 Å². The Bertz CT molecular complexity index is 1070. The lowest BCUT2D eigenvalue weighted by atomic mass is 9.96. The van der Waals surface area contributed by atoms with Gasteiger partial charge < -0.3 is 10.0 Å². The molecule has 2 saturated heterocycles. The number of benzene rings is 3. The highest BCUT2D eigenvalue weighted by Crippen LogP contribution is 2.31. The molecule has 30 heavy (non-hydrogen) atoms. The van der Waals surface area contributed by atoms with Gasteiger partial charge in [0.2, 0.25) is 0 Å². The lowest BCUT2D eigenvalue weighted by Crippen LogP contribution is -2.46. The van der Waals surface area contributed by atoms with Gasteiger partial charge in [-0.3, -0.25) is 14.5 Å². The standard InChI is InChI=1S/C25H26N2O3/c28-24(27-13-11-20(16-27)26-12-5-8-19(15-26)25(29)30)23-21-9-3-1-6-17(21)14-18-7-2-4-10-22(18)23/h1-4,6-7,9-10,14,19-20H,5,8,11-13,15-16H2,(H,29,30)/t19-,20?/m1/s1. The zero-order valence-electron chi connectivity index (χ0n) is 17.0. The van der Waals surface area contributed by atoms with Gasteiger partial charge in [0.05, 0.1) is 11.5 Å². The van der Waals surface area contributed by atoms with Crippen LogP contribution in [-0.2, 0) is 4.79 Å². The maximum atomic E-state index is 13.7. The first-order valence-electron chi connectivity index (χ1n) is 10.8. The molecular formula is C25H26N2O3. The van der Waals surface area contributed by atoms with Gasteiger partial charge in [-0.15, -0.1) is 0 Å². The maximum Gasteiger partial charge on any atom is 0.307 e. The van der Waals surface area contributed by atoms with Gasteiger partial charge in [-0.1, -0.05) is 48.5 Å². The Morgan fingerprint density at radius 2 is 1.53 bits per heavy atom. The van der Waals surface area contributed by atoms with Gasteiger partial charge in [-0.25, -0.2) is 0 Å². The third-order valence-electron chi connectivity index (χ3n) is 6.75. The number of piperidine rings is 1. The average Bonchev–Trinajstić information content (AvgIpc) is 3.27. The van der Waals surface area contributed by atoms with Gasteiger partial charge in [0.15, 0.2) is 0 Å². The van der Waals surface area contributed by atoms with Crippen molar-refractivity contribution in [1.82, 2.24) is 9.80 Å². The summed E-state index contributed by atoms with van der Waals surface area (Å²) in [5.74, 6) is -0.907. The second kappa shape index (κ2) is 7.73. The summed E-state index contributed by atoms with van der Waals surface area (Å²) >= 11 is 0. The lowest BCUT2D eigenvalue weighted by Gasteiger charge is -2.35. The molecule has 3 aromatic rings. The fourth-order valence-corrected chi connectivity index (χ4v) is 5.17. The van der Waals surface area contributed by atoms with E-state index in [1.807, 2.05) is 41.3 Å². The van der Waals surface area contributed by atoms with Crippen molar-refractivity contribution in [2.45, 2.75) is 25.3 Å². The van der Waals surface area contributed by atoms with E-state index in [1.54, 1.807) is 0 Å². The number of carboxylic acids is 1. The van der Waals surface area contributed by atoms with Crippen LogP contribution in [0.4, 0.5) is 0 Å². The van der Waals surface area contributed by atoms with Gasteiger partial charge in [-0.2, -0.15) is 0 Å². The van der Waals surface area contributed by atoms with Crippen molar-refractivity contribution in [2.24, 2.45) is 5.92 Å². The van der Waals surface area contributed by atoms with Crippen molar-refractivity contribution in [3.05, 3.63) is 60.2 Å². The molecule has 5 heteroatoms. The Morgan fingerprint density at radius 3 is 2.20 bits per heavy atom. The number of fused-ring (bicyclic) bond motifs is 2. The highest BCUT2D eigenvalue weighted by molar-refractivity contribution is 6.18. The van der Waals surface area contributed by atoms with Crippen LogP contribution in [0.1, 0.15) is 29.6 Å². The van der Waals surface area contributed by atoms with E-state index >= 15 is 0 Å². The van der Waals surface area contributed by atoms with E-state index in [0.29, 0.717) is 13.1 Å². The predicted octanol–water partition coefficient (Wildman–Crippen LogP) is 4.00. The Morgan fingerprint density at radius 1 is 0.867 bits per heavy atom. The van der Waals surface area contributed by atoms with Crippen LogP contribution in [0.5, 0.6) is 0 Å². The Balaban J connectivity index is 1.44. The molecule has 0 aliphatic carbocycles. The molecule has 5 rings (SSSR count). The predicted molar refractivity (Wildman–Crippen MR) is 118 cm³/mol. The van der Waals surface area contributed by atoms with Crippen LogP contribution in [-0.4, -0.2) is 59.0 Å². The highest BCUT2D eigenvalue weighted by atomic mass is 16.4. The summed E-state index contributed by atoms with van der Waals surface area (Å²) in [6.45, 7) is 2.91. The van der Waals surface area contributed by atoms with Crippen LogP contribution >= 0.6 is 0 Å². The number of likely N-dealkylation sites (tertiary alicyclic amines) is 2. The van der Waals surface area contributed by atoms with Crippen molar-refractivity contribution in [1.29, 1.82) is 0 Å². The summed E-state index contributed by atoms with van der Waals surface area (Å²) in [6, 6.07) is 18.6. The second-order valence-corrected chi connectivity index (χ2v) is 8.56. The van der Waals surface area contributed by atoms with E-state index < -0.39 is 5.97 Å².